The minimum atomic E-state index is -3.95. The molecule has 21 heavy (non-hydrogen) atoms. The normalized spacial score (nSPS) is 20.1. The van der Waals surface area contributed by atoms with Crippen LogP contribution in [0.1, 0.15) is 12.8 Å². The maximum absolute atomic E-state index is 12.8. The summed E-state index contributed by atoms with van der Waals surface area (Å²) in [4.78, 5) is 15.5. The molecule has 112 valence electrons. The van der Waals surface area contributed by atoms with Crippen LogP contribution in [0.15, 0.2) is 29.4 Å². The van der Waals surface area contributed by atoms with Gasteiger partial charge in [0.25, 0.3) is 10.0 Å². The third-order valence-corrected chi connectivity index (χ3v) is 5.84. The van der Waals surface area contributed by atoms with Gasteiger partial charge in [-0.15, -0.1) is 0 Å². The summed E-state index contributed by atoms with van der Waals surface area (Å²) in [6.07, 6.45) is 2.57. The predicted molar refractivity (Wildman–Crippen MR) is 76.3 cm³/mol. The number of nitrogens with zero attached hydrogens (tertiary/aromatic N) is 3. The van der Waals surface area contributed by atoms with Gasteiger partial charge >= 0.3 is 0 Å². The highest BCUT2D eigenvalue weighted by Gasteiger charge is 2.41. The second-order valence-electron chi connectivity index (χ2n) is 4.81. The van der Waals surface area contributed by atoms with Crippen LogP contribution in [-0.4, -0.2) is 40.6 Å². The van der Waals surface area contributed by atoms with Crippen LogP contribution in [0.5, 0.6) is 0 Å². The van der Waals surface area contributed by atoms with Crippen molar-refractivity contribution in [3.05, 3.63) is 29.5 Å². The summed E-state index contributed by atoms with van der Waals surface area (Å²) in [7, 11) is -3.95. The molecule has 0 aliphatic carbocycles. The molecule has 0 bridgehead atoms. The third-order valence-electron chi connectivity index (χ3n) is 3.53. The molecular weight excluding hydrogens is 316 g/mol. The lowest BCUT2D eigenvalue weighted by Crippen LogP contribution is -2.44. The lowest BCUT2D eigenvalue weighted by atomic mass is 10.2. The Morgan fingerprint density at radius 1 is 1.43 bits per heavy atom. The average molecular weight is 329 g/mol. The lowest BCUT2D eigenvalue weighted by molar-refractivity contribution is -0.121. The number of fused-ring (bicyclic) bond motifs is 1. The number of primary amides is 1. The van der Waals surface area contributed by atoms with Gasteiger partial charge in [-0.3, -0.25) is 9.20 Å². The fourth-order valence-corrected chi connectivity index (χ4v) is 4.87. The van der Waals surface area contributed by atoms with E-state index in [0.29, 0.717) is 18.5 Å². The van der Waals surface area contributed by atoms with Gasteiger partial charge in [-0.1, -0.05) is 17.7 Å². The van der Waals surface area contributed by atoms with Crippen molar-refractivity contribution in [1.82, 2.24) is 13.7 Å². The molecule has 1 amide bonds. The van der Waals surface area contributed by atoms with Crippen molar-refractivity contribution in [1.29, 1.82) is 0 Å². The first-order valence-electron chi connectivity index (χ1n) is 6.36. The van der Waals surface area contributed by atoms with E-state index >= 15 is 0 Å². The number of pyridine rings is 1. The van der Waals surface area contributed by atoms with Gasteiger partial charge in [-0.25, -0.2) is 13.4 Å². The van der Waals surface area contributed by atoms with Gasteiger partial charge in [0.05, 0.1) is 0 Å². The molecule has 3 heterocycles. The first-order valence-corrected chi connectivity index (χ1v) is 8.18. The molecule has 0 spiro atoms. The lowest BCUT2D eigenvalue weighted by Gasteiger charge is -2.21. The average Bonchev–Trinajstić information content (AvgIpc) is 3.01. The van der Waals surface area contributed by atoms with Gasteiger partial charge in [0, 0.05) is 12.7 Å². The Labute approximate surface area is 126 Å². The number of nitrogens with two attached hydrogens (primary N) is 1. The van der Waals surface area contributed by atoms with E-state index < -0.39 is 22.0 Å². The summed E-state index contributed by atoms with van der Waals surface area (Å²) in [5.41, 5.74) is 5.72. The standard InChI is InChI=1S/C12H13ClN4O3S/c13-10-12(16-6-2-1-5-9(16)15-10)21(19,20)17-7-3-4-8(17)11(14)18/h1-2,5-6,8H,3-4,7H2,(H2,14,18)/t8-/m0/s1. The van der Waals surface area contributed by atoms with Gasteiger partial charge in [-0.05, 0) is 25.0 Å². The molecule has 2 N–H and O–H groups in total. The molecular formula is C12H13ClN4O3S. The molecule has 7 nitrogen and oxygen atoms in total. The van der Waals surface area contributed by atoms with Crippen molar-refractivity contribution >= 4 is 33.2 Å². The smallest absolute Gasteiger partial charge is 0.262 e. The maximum Gasteiger partial charge on any atom is 0.262 e. The maximum atomic E-state index is 12.8. The van der Waals surface area contributed by atoms with Crippen LogP contribution in [0, 0.1) is 0 Å². The Balaban J connectivity index is 2.17. The van der Waals surface area contributed by atoms with Crippen LogP contribution in [0.3, 0.4) is 0 Å². The highest BCUT2D eigenvalue weighted by molar-refractivity contribution is 7.89. The third kappa shape index (κ3) is 2.19. The number of carbonyl (C=O) groups excluding carboxylic acids is 1. The quantitative estimate of drug-likeness (QED) is 0.893. The zero-order chi connectivity index (χ0) is 15.2. The number of amides is 1. The van der Waals surface area contributed by atoms with Gasteiger partial charge < -0.3 is 5.73 Å². The second kappa shape index (κ2) is 4.97. The Morgan fingerprint density at radius 2 is 2.19 bits per heavy atom. The van der Waals surface area contributed by atoms with E-state index in [1.807, 2.05) is 0 Å². The molecule has 1 atom stereocenters. The van der Waals surface area contributed by atoms with Gasteiger partial charge in [0.15, 0.2) is 10.2 Å². The van der Waals surface area contributed by atoms with Crippen LogP contribution in [-0.2, 0) is 14.8 Å². The van der Waals surface area contributed by atoms with Gasteiger partial charge in [0.2, 0.25) is 5.91 Å². The number of rotatable bonds is 3. The number of sulfonamides is 1. The van der Waals surface area contributed by atoms with Crippen molar-refractivity contribution in [2.24, 2.45) is 5.73 Å². The molecule has 0 unspecified atom stereocenters. The Kier molecular flexibility index (Phi) is 3.39. The number of hydrogen-bond donors (Lipinski definition) is 1. The molecule has 0 aromatic carbocycles. The van der Waals surface area contributed by atoms with E-state index in [2.05, 4.69) is 4.98 Å². The molecule has 1 fully saturated rings. The van der Waals surface area contributed by atoms with Crippen molar-refractivity contribution < 1.29 is 13.2 Å². The van der Waals surface area contributed by atoms with E-state index in [1.165, 1.54) is 4.40 Å². The summed E-state index contributed by atoms with van der Waals surface area (Å²) in [6.45, 7) is 0.242. The van der Waals surface area contributed by atoms with Crippen molar-refractivity contribution in [3.8, 4) is 0 Å². The van der Waals surface area contributed by atoms with E-state index in [-0.39, 0.29) is 16.7 Å². The van der Waals surface area contributed by atoms with Crippen LogP contribution in [0.4, 0.5) is 0 Å². The second-order valence-corrected chi connectivity index (χ2v) is 6.98. The van der Waals surface area contributed by atoms with E-state index in [9.17, 15) is 13.2 Å². The topological polar surface area (TPSA) is 97.8 Å². The molecule has 0 radical (unpaired) electrons. The molecule has 1 aliphatic rings. The summed E-state index contributed by atoms with van der Waals surface area (Å²) < 4.78 is 28.1. The van der Waals surface area contributed by atoms with E-state index in [4.69, 9.17) is 17.3 Å². The fourth-order valence-electron chi connectivity index (χ4n) is 2.60. The Hall–Kier alpha value is -1.64. The SMILES string of the molecule is NC(=O)[C@@H]1CCCN1S(=O)(=O)c1c(Cl)nc2ccccn12. The molecule has 9 heteroatoms. The van der Waals surface area contributed by atoms with Crippen LogP contribution in [0.2, 0.25) is 5.15 Å². The Morgan fingerprint density at radius 3 is 2.90 bits per heavy atom. The zero-order valence-corrected chi connectivity index (χ0v) is 12.5. The van der Waals surface area contributed by atoms with Crippen molar-refractivity contribution in [3.63, 3.8) is 0 Å². The summed E-state index contributed by atoms with van der Waals surface area (Å²) in [5, 5.41) is -0.246. The van der Waals surface area contributed by atoms with E-state index in [0.717, 1.165) is 4.31 Å². The molecule has 2 aromatic rings. The van der Waals surface area contributed by atoms with Crippen LogP contribution in [0.25, 0.3) is 5.65 Å². The molecule has 1 saturated heterocycles. The summed E-state index contributed by atoms with van der Waals surface area (Å²) in [6, 6.07) is 4.23. The molecule has 2 aromatic heterocycles. The number of halogens is 1. The first kappa shape index (κ1) is 14.3. The fraction of sp³-hybridized carbons (Fsp3) is 0.333. The largest absolute Gasteiger partial charge is 0.368 e. The van der Waals surface area contributed by atoms with E-state index in [1.54, 1.807) is 24.4 Å². The minimum absolute atomic E-state index is 0.115. The Bertz CT molecular complexity index is 817. The number of imidazole rings is 1. The van der Waals surface area contributed by atoms with Crippen molar-refractivity contribution in [2.75, 3.05) is 6.54 Å². The summed E-state index contributed by atoms with van der Waals surface area (Å²) >= 11 is 6.00. The number of aromatic nitrogens is 2. The number of carbonyl (C=O) groups is 1. The molecule has 0 saturated carbocycles. The van der Waals surface area contributed by atoms with Gasteiger partial charge in [-0.2, -0.15) is 4.31 Å². The predicted octanol–water partition coefficient (Wildman–Crippen LogP) is 0.626. The highest BCUT2D eigenvalue weighted by Crippen LogP contribution is 2.30. The highest BCUT2D eigenvalue weighted by atomic mass is 35.5. The van der Waals surface area contributed by atoms with Crippen LogP contribution >= 0.6 is 11.6 Å². The molecule has 3 rings (SSSR count). The zero-order valence-electron chi connectivity index (χ0n) is 10.9. The number of hydrogen-bond acceptors (Lipinski definition) is 4. The first-order chi connectivity index (χ1) is 9.93. The molecule has 1 aliphatic heterocycles. The van der Waals surface area contributed by atoms with Gasteiger partial charge in [0.1, 0.15) is 11.7 Å². The van der Waals surface area contributed by atoms with Crippen molar-refractivity contribution in [2.45, 2.75) is 23.9 Å². The minimum Gasteiger partial charge on any atom is -0.368 e. The summed E-state index contributed by atoms with van der Waals surface area (Å²) in [5.74, 6) is -0.652. The van der Waals surface area contributed by atoms with Crippen LogP contribution < -0.4 is 5.73 Å². The monoisotopic (exact) mass is 328 g/mol.